The van der Waals surface area contributed by atoms with E-state index >= 15 is 8.78 Å². The van der Waals surface area contributed by atoms with E-state index in [0.717, 1.165) is 24.3 Å². The van der Waals surface area contributed by atoms with Gasteiger partial charge < -0.3 is 0 Å². The summed E-state index contributed by atoms with van der Waals surface area (Å²) in [5, 5.41) is 10.9. The van der Waals surface area contributed by atoms with Crippen molar-refractivity contribution in [2.24, 2.45) is 0 Å². The van der Waals surface area contributed by atoms with Gasteiger partial charge in [-0.25, -0.2) is 5.43 Å². The lowest BCUT2D eigenvalue weighted by molar-refractivity contribution is -0.384. The molecule has 7 nitrogen and oxygen atoms in total. The molecule has 2 N–H and O–H groups in total. The van der Waals surface area contributed by atoms with E-state index in [1.807, 2.05) is 0 Å². The second kappa shape index (κ2) is 9.23. The van der Waals surface area contributed by atoms with Crippen molar-refractivity contribution < 1.29 is 23.3 Å². The average Bonchev–Trinajstić information content (AvgIpc) is 2.80. The summed E-state index contributed by atoms with van der Waals surface area (Å²) >= 11 is 0. The van der Waals surface area contributed by atoms with Crippen molar-refractivity contribution in [3.05, 3.63) is 112 Å². The molecule has 0 aliphatic carbocycles. The van der Waals surface area contributed by atoms with E-state index in [2.05, 4.69) is 10.9 Å². The summed E-state index contributed by atoms with van der Waals surface area (Å²) in [6.07, 6.45) is 0. The average molecular weight is 425 g/mol. The van der Waals surface area contributed by atoms with Crippen LogP contribution in [0.2, 0.25) is 0 Å². The molecule has 0 aromatic heterocycles. The first-order chi connectivity index (χ1) is 14.8. The van der Waals surface area contributed by atoms with Crippen LogP contribution in [0.1, 0.15) is 32.3 Å². The quantitative estimate of drug-likeness (QED) is 0.322. The number of alkyl halides is 2. The molecule has 3 rings (SSSR count). The molecule has 158 valence electrons. The minimum atomic E-state index is -3.98. The summed E-state index contributed by atoms with van der Waals surface area (Å²) in [6, 6.07) is 17.2. The van der Waals surface area contributed by atoms with E-state index < -0.39 is 28.6 Å². The van der Waals surface area contributed by atoms with E-state index in [1.165, 1.54) is 36.4 Å². The van der Waals surface area contributed by atoms with E-state index in [1.54, 1.807) is 24.3 Å². The van der Waals surface area contributed by atoms with E-state index in [0.29, 0.717) is 0 Å². The molecule has 0 fully saturated rings. The number of amides is 1. The fourth-order valence-electron chi connectivity index (χ4n) is 2.88. The fourth-order valence-corrected chi connectivity index (χ4v) is 2.88. The molecule has 0 spiro atoms. The highest BCUT2D eigenvalue weighted by Gasteiger charge is 2.48. The van der Waals surface area contributed by atoms with Gasteiger partial charge in [-0.05, 0) is 17.7 Å². The molecule has 0 bridgehead atoms. The third kappa shape index (κ3) is 4.96. The molecule has 9 heteroatoms. The van der Waals surface area contributed by atoms with Gasteiger partial charge in [0.1, 0.15) is 6.04 Å². The van der Waals surface area contributed by atoms with E-state index in [4.69, 9.17) is 0 Å². The maximum atomic E-state index is 15.3. The second-order valence-electron chi connectivity index (χ2n) is 6.56. The molecule has 0 heterocycles. The summed E-state index contributed by atoms with van der Waals surface area (Å²) in [5.74, 6) is -6.13. The predicted molar refractivity (Wildman–Crippen MR) is 109 cm³/mol. The second-order valence-corrected chi connectivity index (χ2v) is 6.56. The lowest BCUT2D eigenvalue weighted by atomic mass is 9.94. The van der Waals surface area contributed by atoms with Crippen molar-refractivity contribution in [1.29, 1.82) is 0 Å². The van der Waals surface area contributed by atoms with Crippen LogP contribution in [0.4, 0.5) is 14.5 Å². The molecule has 1 amide bonds. The van der Waals surface area contributed by atoms with Crippen LogP contribution in [0.25, 0.3) is 0 Å². The Balaban J connectivity index is 1.92. The molecule has 0 aliphatic heterocycles. The fraction of sp³-hybridized carbons (Fsp3) is 0.0909. The number of hydrogen-bond acceptors (Lipinski definition) is 5. The summed E-state index contributed by atoms with van der Waals surface area (Å²) in [6.45, 7) is 0. The van der Waals surface area contributed by atoms with Gasteiger partial charge in [0.15, 0.2) is 0 Å². The minimum Gasteiger partial charge on any atom is -0.287 e. The molecule has 3 aromatic carbocycles. The smallest absolute Gasteiger partial charge is 0.287 e. The minimum absolute atomic E-state index is 0.117. The molecule has 0 unspecified atom stereocenters. The topological polar surface area (TPSA) is 101 Å². The van der Waals surface area contributed by atoms with Crippen molar-refractivity contribution >= 4 is 17.4 Å². The van der Waals surface area contributed by atoms with Gasteiger partial charge >= 0.3 is 5.92 Å². The molecule has 31 heavy (non-hydrogen) atoms. The van der Waals surface area contributed by atoms with Crippen LogP contribution in [0.15, 0.2) is 84.9 Å². The Labute approximate surface area is 175 Å². The zero-order valence-corrected chi connectivity index (χ0v) is 16.0. The Morgan fingerprint density at radius 1 is 0.839 bits per heavy atom. The van der Waals surface area contributed by atoms with Crippen molar-refractivity contribution in [3.63, 3.8) is 0 Å². The van der Waals surface area contributed by atoms with Gasteiger partial charge in [-0.15, -0.1) is 0 Å². The normalized spacial score (nSPS) is 12.1. The first-order valence-electron chi connectivity index (χ1n) is 9.13. The summed E-state index contributed by atoms with van der Waals surface area (Å²) in [7, 11) is 0. The number of non-ortho nitro benzene ring substituents is 1. The molecule has 1 atom stereocenters. The zero-order chi connectivity index (χ0) is 22.4. The third-order valence-corrected chi connectivity index (χ3v) is 4.50. The van der Waals surface area contributed by atoms with E-state index in [-0.39, 0.29) is 22.4 Å². The van der Waals surface area contributed by atoms with Gasteiger partial charge in [-0.3, -0.25) is 25.1 Å². The standard InChI is InChI=1S/C22H17F2N3O4/c23-22(24,20(28)16-7-3-1-4-8-16)19(15-11-13-18(14-12-15)27(30)31)25-26-21(29)17-9-5-2-6-10-17/h1-14,19,25H,(H,26,29)/t19-/m0/s1. The number of halogens is 2. The number of benzene rings is 3. The Kier molecular flexibility index (Phi) is 6.46. The van der Waals surface area contributed by atoms with Gasteiger partial charge in [0.25, 0.3) is 11.6 Å². The predicted octanol–water partition coefficient (Wildman–Crippen LogP) is 4.09. The first-order valence-corrected chi connectivity index (χ1v) is 9.13. The molecular formula is C22H17F2N3O4. The van der Waals surface area contributed by atoms with Crippen LogP contribution in [0.5, 0.6) is 0 Å². The van der Waals surface area contributed by atoms with Crippen LogP contribution in [0.3, 0.4) is 0 Å². The van der Waals surface area contributed by atoms with Crippen LogP contribution < -0.4 is 10.9 Å². The number of Topliss-reactive ketones (excluding diaryl/α,β-unsaturated/α-hetero) is 1. The van der Waals surface area contributed by atoms with Crippen molar-refractivity contribution in [2.75, 3.05) is 0 Å². The number of carbonyl (C=O) groups is 2. The number of rotatable bonds is 8. The Bertz CT molecular complexity index is 1070. The highest BCUT2D eigenvalue weighted by molar-refractivity contribution is 6.02. The number of nitrogens with zero attached hydrogens (tertiary/aromatic N) is 1. The van der Waals surface area contributed by atoms with Gasteiger partial charge in [0, 0.05) is 23.3 Å². The number of carbonyl (C=O) groups excluding carboxylic acids is 2. The van der Waals surface area contributed by atoms with Crippen LogP contribution >= 0.6 is 0 Å². The molecule has 0 saturated heterocycles. The van der Waals surface area contributed by atoms with Gasteiger partial charge in [0.05, 0.1) is 4.92 Å². The van der Waals surface area contributed by atoms with Crippen molar-refractivity contribution in [1.82, 2.24) is 10.9 Å². The third-order valence-electron chi connectivity index (χ3n) is 4.50. The van der Waals surface area contributed by atoms with Crippen LogP contribution in [0, 0.1) is 10.1 Å². The highest BCUT2D eigenvalue weighted by Crippen LogP contribution is 2.35. The monoisotopic (exact) mass is 425 g/mol. The first kappa shape index (κ1) is 21.7. The largest absolute Gasteiger partial charge is 0.330 e. The van der Waals surface area contributed by atoms with Gasteiger partial charge in [-0.1, -0.05) is 60.7 Å². The Morgan fingerprint density at radius 3 is 1.87 bits per heavy atom. The number of hydrogen-bond donors (Lipinski definition) is 2. The van der Waals surface area contributed by atoms with E-state index in [9.17, 15) is 19.7 Å². The number of nitrogens with one attached hydrogen (secondary N) is 2. The SMILES string of the molecule is O=C(NN[C@@H](c1ccc([N+](=O)[O-])cc1)C(F)(F)C(=O)c1ccccc1)c1ccccc1. The molecule has 0 aliphatic rings. The molecule has 0 saturated carbocycles. The van der Waals surface area contributed by atoms with Crippen molar-refractivity contribution in [2.45, 2.75) is 12.0 Å². The van der Waals surface area contributed by atoms with Gasteiger partial charge in [-0.2, -0.15) is 8.78 Å². The van der Waals surface area contributed by atoms with Crippen molar-refractivity contribution in [3.8, 4) is 0 Å². The molecule has 0 radical (unpaired) electrons. The maximum absolute atomic E-state index is 15.3. The Hall–Kier alpha value is -3.98. The maximum Gasteiger partial charge on any atom is 0.330 e. The molecule has 3 aromatic rings. The summed E-state index contributed by atoms with van der Waals surface area (Å²) in [5.41, 5.74) is 4.02. The number of hydrazine groups is 1. The van der Waals surface area contributed by atoms with Crippen LogP contribution in [-0.2, 0) is 0 Å². The zero-order valence-electron chi connectivity index (χ0n) is 16.0. The van der Waals surface area contributed by atoms with Gasteiger partial charge in [0.2, 0.25) is 5.78 Å². The lowest BCUT2D eigenvalue weighted by Crippen LogP contribution is -2.50. The highest BCUT2D eigenvalue weighted by atomic mass is 19.3. The lowest BCUT2D eigenvalue weighted by Gasteiger charge is -2.27. The number of nitro benzene ring substituents is 1. The Morgan fingerprint density at radius 2 is 1.35 bits per heavy atom. The molecular weight excluding hydrogens is 408 g/mol. The number of nitro groups is 1. The summed E-state index contributed by atoms with van der Waals surface area (Å²) in [4.78, 5) is 35.1. The van der Waals surface area contributed by atoms with Crippen LogP contribution in [-0.4, -0.2) is 22.5 Å². The summed E-state index contributed by atoms with van der Waals surface area (Å²) < 4.78 is 30.5. The number of ketones is 1.